The minimum Gasteiger partial charge on any atom is -0.462 e. The van der Waals surface area contributed by atoms with E-state index in [0.717, 1.165) is 89.9 Å². The molecular formula is C61H108O5. The molecule has 0 radical (unpaired) electrons. The van der Waals surface area contributed by atoms with E-state index in [0.29, 0.717) is 19.4 Å². The summed E-state index contributed by atoms with van der Waals surface area (Å²) < 4.78 is 17.4. The molecule has 66 heavy (non-hydrogen) atoms. The van der Waals surface area contributed by atoms with E-state index < -0.39 is 6.10 Å². The van der Waals surface area contributed by atoms with Crippen LogP contribution in [0.3, 0.4) is 0 Å². The highest BCUT2D eigenvalue weighted by molar-refractivity contribution is 5.70. The number of carbonyl (C=O) groups is 2. The summed E-state index contributed by atoms with van der Waals surface area (Å²) >= 11 is 0. The third-order valence-electron chi connectivity index (χ3n) is 12.2. The summed E-state index contributed by atoms with van der Waals surface area (Å²) in [5.74, 6) is -0.440. The van der Waals surface area contributed by atoms with E-state index in [2.05, 4.69) is 93.7 Å². The molecule has 0 heterocycles. The smallest absolute Gasteiger partial charge is 0.306 e. The predicted octanol–water partition coefficient (Wildman–Crippen LogP) is 19.5. The van der Waals surface area contributed by atoms with Crippen molar-refractivity contribution in [2.45, 2.75) is 284 Å². The minimum atomic E-state index is -0.559. The quantitative estimate of drug-likeness (QED) is 0.0346. The summed E-state index contributed by atoms with van der Waals surface area (Å²) in [5, 5.41) is 0. The Hall–Kier alpha value is -2.66. The van der Waals surface area contributed by atoms with Crippen molar-refractivity contribution in [1.82, 2.24) is 0 Å². The number of ether oxygens (including phenoxy) is 3. The Kier molecular flexibility index (Phi) is 54.4. The van der Waals surface area contributed by atoms with Crippen LogP contribution >= 0.6 is 0 Å². The van der Waals surface area contributed by atoms with Crippen molar-refractivity contribution in [1.29, 1.82) is 0 Å². The van der Waals surface area contributed by atoms with Crippen molar-refractivity contribution in [3.8, 4) is 0 Å². The van der Waals surface area contributed by atoms with Crippen LogP contribution in [-0.2, 0) is 23.8 Å². The van der Waals surface area contributed by atoms with Gasteiger partial charge in [-0.25, -0.2) is 0 Å². The van der Waals surface area contributed by atoms with E-state index >= 15 is 0 Å². The molecule has 5 nitrogen and oxygen atoms in total. The summed E-state index contributed by atoms with van der Waals surface area (Å²) in [6.45, 7) is 7.76. The van der Waals surface area contributed by atoms with Crippen LogP contribution in [0.4, 0.5) is 0 Å². The van der Waals surface area contributed by atoms with Crippen LogP contribution in [0, 0.1) is 0 Å². The van der Waals surface area contributed by atoms with Crippen LogP contribution < -0.4 is 0 Å². The average molecular weight is 922 g/mol. The lowest BCUT2D eigenvalue weighted by Gasteiger charge is -2.18. The summed E-state index contributed by atoms with van der Waals surface area (Å²) in [5.41, 5.74) is 0. The van der Waals surface area contributed by atoms with Crippen molar-refractivity contribution in [3.63, 3.8) is 0 Å². The number of rotatable bonds is 52. The number of allylic oxidation sites excluding steroid dienone is 12. The number of hydrogen-bond acceptors (Lipinski definition) is 5. The van der Waals surface area contributed by atoms with Gasteiger partial charge in [-0.2, -0.15) is 0 Å². The second kappa shape index (κ2) is 56.7. The number of hydrogen-bond donors (Lipinski definition) is 0. The van der Waals surface area contributed by atoms with Crippen LogP contribution in [0.2, 0.25) is 0 Å². The average Bonchev–Trinajstić information content (AvgIpc) is 3.32. The first-order valence-corrected chi connectivity index (χ1v) is 28.5. The van der Waals surface area contributed by atoms with Crippen molar-refractivity contribution < 1.29 is 23.8 Å². The minimum absolute atomic E-state index is 0.0653. The topological polar surface area (TPSA) is 61.8 Å². The molecule has 1 atom stereocenters. The molecular weight excluding hydrogens is 813 g/mol. The van der Waals surface area contributed by atoms with E-state index in [4.69, 9.17) is 14.2 Å². The zero-order valence-electron chi connectivity index (χ0n) is 44.0. The van der Waals surface area contributed by atoms with Gasteiger partial charge >= 0.3 is 11.9 Å². The van der Waals surface area contributed by atoms with Crippen LogP contribution in [0.5, 0.6) is 0 Å². The van der Waals surface area contributed by atoms with Crippen LogP contribution in [0.25, 0.3) is 0 Å². The van der Waals surface area contributed by atoms with Gasteiger partial charge in [-0.1, -0.05) is 241 Å². The molecule has 0 spiro atoms. The van der Waals surface area contributed by atoms with E-state index in [1.807, 2.05) is 0 Å². The van der Waals surface area contributed by atoms with Crippen molar-refractivity contribution >= 4 is 11.9 Å². The Labute approximate surface area is 410 Å². The Morgan fingerprint density at radius 2 is 0.636 bits per heavy atom. The standard InChI is InChI=1S/C61H108O5/c1-4-7-10-13-16-19-22-25-28-30-31-32-34-37-40-43-46-49-52-55-61(63)66-59(57-64-56-53-50-47-44-41-38-35-29-26-23-20-17-14-11-8-5-2)58-65-60(62)54-51-48-45-42-39-36-33-27-24-21-18-15-12-9-6-3/h16,18-19,21,25,27-28,31-33,37,40,59H,4-15,17,20,22-24,26,29-30,34-36,38-39,41-58H2,1-3H3/b19-16-,21-18-,28-25-,32-31-,33-27-,40-37-/t59-/m1/s1. The third kappa shape index (κ3) is 54.0. The van der Waals surface area contributed by atoms with Crippen molar-refractivity contribution in [3.05, 3.63) is 72.9 Å². The largest absolute Gasteiger partial charge is 0.462 e. The van der Waals surface area contributed by atoms with E-state index in [1.165, 1.54) is 154 Å². The predicted molar refractivity (Wildman–Crippen MR) is 288 cm³/mol. The molecule has 0 saturated carbocycles. The first-order chi connectivity index (χ1) is 32.6. The normalized spacial score (nSPS) is 12.7. The lowest BCUT2D eigenvalue weighted by molar-refractivity contribution is -0.163. The lowest BCUT2D eigenvalue weighted by Crippen LogP contribution is -2.30. The molecule has 0 aromatic heterocycles. The van der Waals surface area contributed by atoms with Gasteiger partial charge in [0.2, 0.25) is 0 Å². The number of esters is 2. The van der Waals surface area contributed by atoms with Gasteiger partial charge < -0.3 is 14.2 Å². The molecule has 0 aliphatic carbocycles. The highest BCUT2D eigenvalue weighted by atomic mass is 16.6. The first kappa shape index (κ1) is 63.3. The van der Waals surface area contributed by atoms with E-state index in [-0.39, 0.29) is 25.2 Å². The van der Waals surface area contributed by atoms with E-state index in [1.54, 1.807) is 0 Å². The zero-order chi connectivity index (χ0) is 47.7. The lowest BCUT2D eigenvalue weighted by atomic mass is 10.0. The second-order valence-corrected chi connectivity index (χ2v) is 18.8. The molecule has 0 N–H and O–H groups in total. The van der Waals surface area contributed by atoms with Gasteiger partial charge in [0.1, 0.15) is 6.61 Å². The molecule has 0 bridgehead atoms. The monoisotopic (exact) mass is 921 g/mol. The fraction of sp³-hybridized carbons (Fsp3) is 0.770. The van der Waals surface area contributed by atoms with Gasteiger partial charge in [0.15, 0.2) is 6.10 Å². The Balaban J connectivity index is 4.35. The molecule has 0 aliphatic rings. The fourth-order valence-corrected chi connectivity index (χ4v) is 7.94. The number of carbonyl (C=O) groups excluding carboxylic acids is 2. The van der Waals surface area contributed by atoms with Crippen LogP contribution in [0.15, 0.2) is 72.9 Å². The maximum Gasteiger partial charge on any atom is 0.306 e. The van der Waals surface area contributed by atoms with Crippen molar-refractivity contribution in [2.75, 3.05) is 19.8 Å². The van der Waals surface area contributed by atoms with Crippen LogP contribution in [-0.4, -0.2) is 37.9 Å². The number of unbranched alkanes of at least 4 members (excludes halogenated alkanes) is 29. The molecule has 0 saturated heterocycles. The highest BCUT2D eigenvalue weighted by Crippen LogP contribution is 2.15. The van der Waals surface area contributed by atoms with Crippen molar-refractivity contribution in [2.24, 2.45) is 0 Å². The van der Waals surface area contributed by atoms with Gasteiger partial charge in [-0.05, 0) is 96.3 Å². The van der Waals surface area contributed by atoms with Gasteiger partial charge in [-0.15, -0.1) is 0 Å². The summed E-state index contributed by atoms with van der Waals surface area (Å²) in [7, 11) is 0. The van der Waals surface area contributed by atoms with E-state index in [9.17, 15) is 9.59 Å². The molecule has 0 aromatic rings. The van der Waals surface area contributed by atoms with Gasteiger partial charge in [0.05, 0.1) is 6.61 Å². The Bertz CT molecular complexity index is 1180. The maximum atomic E-state index is 12.8. The second-order valence-electron chi connectivity index (χ2n) is 18.8. The van der Waals surface area contributed by atoms with Gasteiger partial charge in [-0.3, -0.25) is 9.59 Å². The molecule has 0 fully saturated rings. The SMILES string of the molecule is CCCCC/C=C\C/C=C\C/C=C\C/C=C\CCCCCC(=O)O[C@H](COCCCCCCCCCCCCCCCCCC)COC(=O)CCCCCCC/C=C\C/C=C\CCCCC. The third-order valence-corrected chi connectivity index (χ3v) is 12.2. The molecule has 382 valence electrons. The fourth-order valence-electron chi connectivity index (χ4n) is 7.94. The molecule has 0 rings (SSSR count). The zero-order valence-corrected chi connectivity index (χ0v) is 44.0. The molecule has 0 aliphatic heterocycles. The summed E-state index contributed by atoms with van der Waals surface area (Å²) in [6, 6.07) is 0. The summed E-state index contributed by atoms with van der Waals surface area (Å²) in [6.07, 6.45) is 73.4. The Morgan fingerprint density at radius 1 is 0.333 bits per heavy atom. The first-order valence-electron chi connectivity index (χ1n) is 28.5. The summed E-state index contributed by atoms with van der Waals surface area (Å²) in [4.78, 5) is 25.5. The van der Waals surface area contributed by atoms with Crippen LogP contribution in [0.1, 0.15) is 278 Å². The highest BCUT2D eigenvalue weighted by Gasteiger charge is 2.17. The molecule has 0 aromatic carbocycles. The van der Waals surface area contributed by atoms with Gasteiger partial charge in [0.25, 0.3) is 0 Å². The molecule has 0 unspecified atom stereocenters. The Morgan fingerprint density at radius 3 is 1.06 bits per heavy atom. The molecule has 0 amide bonds. The molecule has 5 heteroatoms. The maximum absolute atomic E-state index is 12.8. The van der Waals surface area contributed by atoms with Gasteiger partial charge in [0, 0.05) is 19.4 Å².